The Balaban J connectivity index is 2.69. The molecule has 0 atom stereocenters. The number of rotatable bonds is 4. The molecule has 2 aromatic rings. The fourth-order valence-corrected chi connectivity index (χ4v) is 2.84. The van der Waals surface area contributed by atoms with E-state index in [4.69, 9.17) is 33.7 Å². The van der Waals surface area contributed by atoms with Crippen molar-refractivity contribution < 1.29 is 4.74 Å². The first-order chi connectivity index (χ1) is 9.56. The normalized spacial score (nSPS) is 10.6. The highest BCUT2D eigenvalue weighted by molar-refractivity contribution is 7.98. The van der Waals surface area contributed by atoms with E-state index in [2.05, 4.69) is 9.97 Å². The van der Waals surface area contributed by atoms with E-state index in [0.29, 0.717) is 27.6 Å². The Bertz CT molecular complexity index is 637. The summed E-state index contributed by atoms with van der Waals surface area (Å²) < 4.78 is 5.56. The SMILES string of the molecule is CCOc1nc(N)nc(SC)c1-c1ccc(Cl)cc1Cl. The second-order valence-electron chi connectivity index (χ2n) is 3.83. The van der Waals surface area contributed by atoms with E-state index in [1.165, 1.54) is 11.8 Å². The monoisotopic (exact) mass is 329 g/mol. The second-order valence-corrected chi connectivity index (χ2v) is 5.47. The van der Waals surface area contributed by atoms with Gasteiger partial charge in [0.1, 0.15) is 5.03 Å². The van der Waals surface area contributed by atoms with Gasteiger partial charge in [-0.05, 0) is 25.3 Å². The Morgan fingerprint density at radius 1 is 1.30 bits per heavy atom. The Morgan fingerprint density at radius 3 is 2.65 bits per heavy atom. The molecule has 7 heteroatoms. The lowest BCUT2D eigenvalue weighted by atomic mass is 10.1. The predicted molar refractivity (Wildman–Crippen MR) is 84.9 cm³/mol. The molecular formula is C13H13Cl2N3OS. The van der Waals surface area contributed by atoms with Crippen molar-refractivity contribution in [1.29, 1.82) is 0 Å². The molecule has 1 aromatic carbocycles. The second kappa shape index (κ2) is 6.52. The maximum Gasteiger partial charge on any atom is 0.227 e. The van der Waals surface area contributed by atoms with Crippen LogP contribution in [0.1, 0.15) is 6.92 Å². The average molecular weight is 330 g/mol. The molecule has 106 valence electrons. The summed E-state index contributed by atoms with van der Waals surface area (Å²) in [6, 6.07) is 5.26. The molecule has 2 N–H and O–H groups in total. The van der Waals surface area contributed by atoms with Gasteiger partial charge in [-0.1, -0.05) is 29.3 Å². The number of halogens is 2. The van der Waals surface area contributed by atoms with Crippen LogP contribution in [0.3, 0.4) is 0 Å². The minimum atomic E-state index is 0.173. The summed E-state index contributed by atoms with van der Waals surface area (Å²) in [6.07, 6.45) is 1.91. The summed E-state index contributed by atoms with van der Waals surface area (Å²) in [7, 11) is 0. The van der Waals surface area contributed by atoms with E-state index in [1.54, 1.807) is 12.1 Å². The zero-order valence-electron chi connectivity index (χ0n) is 11.0. The molecule has 20 heavy (non-hydrogen) atoms. The van der Waals surface area contributed by atoms with Crippen molar-refractivity contribution in [2.24, 2.45) is 0 Å². The lowest BCUT2D eigenvalue weighted by Gasteiger charge is -2.14. The molecule has 0 fully saturated rings. The Hall–Kier alpha value is -1.17. The minimum absolute atomic E-state index is 0.173. The van der Waals surface area contributed by atoms with Gasteiger partial charge in [-0.25, -0.2) is 4.98 Å². The van der Waals surface area contributed by atoms with Crippen LogP contribution in [-0.4, -0.2) is 22.8 Å². The number of nitrogen functional groups attached to an aromatic ring is 1. The summed E-state index contributed by atoms with van der Waals surface area (Å²) in [5, 5.41) is 1.80. The lowest BCUT2D eigenvalue weighted by Crippen LogP contribution is -2.04. The molecule has 0 bridgehead atoms. The summed E-state index contributed by atoms with van der Waals surface area (Å²) >= 11 is 13.7. The van der Waals surface area contributed by atoms with Gasteiger partial charge in [-0.3, -0.25) is 0 Å². The molecule has 0 saturated heterocycles. The van der Waals surface area contributed by atoms with E-state index in [9.17, 15) is 0 Å². The molecule has 4 nitrogen and oxygen atoms in total. The van der Waals surface area contributed by atoms with Gasteiger partial charge in [-0.2, -0.15) is 4.98 Å². The van der Waals surface area contributed by atoms with Crippen LogP contribution in [0.15, 0.2) is 23.2 Å². The van der Waals surface area contributed by atoms with E-state index in [-0.39, 0.29) is 5.95 Å². The summed E-state index contributed by atoms with van der Waals surface area (Å²) in [4.78, 5) is 8.38. The molecule has 0 saturated carbocycles. The Labute approximate surface area is 131 Å². The molecule has 0 aliphatic heterocycles. The Morgan fingerprint density at radius 2 is 2.05 bits per heavy atom. The largest absolute Gasteiger partial charge is 0.477 e. The lowest BCUT2D eigenvalue weighted by molar-refractivity contribution is 0.327. The molecule has 0 aliphatic carbocycles. The molecule has 2 rings (SSSR count). The predicted octanol–water partition coefficient (Wildman–Crippen LogP) is 4.15. The number of nitrogens with zero attached hydrogens (tertiary/aromatic N) is 2. The summed E-state index contributed by atoms with van der Waals surface area (Å²) in [5.41, 5.74) is 7.20. The van der Waals surface area contributed by atoms with E-state index < -0.39 is 0 Å². The smallest absolute Gasteiger partial charge is 0.227 e. The van der Waals surface area contributed by atoms with Gasteiger partial charge in [0.05, 0.1) is 17.2 Å². The standard InChI is InChI=1S/C13H13Cl2N3OS/c1-3-19-11-10(12(20-2)18-13(16)17-11)8-5-4-7(14)6-9(8)15/h4-6H,3H2,1-2H3,(H2,16,17,18). The number of hydrogen-bond donors (Lipinski definition) is 1. The van der Waals surface area contributed by atoms with Crippen LogP contribution < -0.4 is 10.5 Å². The minimum Gasteiger partial charge on any atom is -0.477 e. The van der Waals surface area contributed by atoms with Gasteiger partial charge in [0, 0.05) is 10.6 Å². The number of ether oxygens (including phenoxy) is 1. The number of thioether (sulfide) groups is 1. The molecule has 1 aromatic heterocycles. The van der Waals surface area contributed by atoms with Crippen LogP contribution in [0.4, 0.5) is 5.95 Å². The molecule has 0 amide bonds. The van der Waals surface area contributed by atoms with Crippen molar-refractivity contribution in [3.05, 3.63) is 28.2 Å². The fraction of sp³-hybridized carbons (Fsp3) is 0.231. The number of anilines is 1. The van der Waals surface area contributed by atoms with Gasteiger partial charge < -0.3 is 10.5 Å². The zero-order chi connectivity index (χ0) is 14.7. The molecule has 0 unspecified atom stereocenters. The van der Waals surface area contributed by atoms with E-state index >= 15 is 0 Å². The zero-order valence-corrected chi connectivity index (χ0v) is 13.3. The van der Waals surface area contributed by atoms with Crippen LogP contribution in [-0.2, 0) is 0 Å². The van der Waals surface area contributed by atoms with Crippen LogP contribution >= 0.6 is 35.0 Å². The third kappa shape index (κ3) is 3.11. The fourth-order valence-electron chi connectivity index (χ4n) is 1.75. The Kier molecular flexibility index (Phi) is 4.96. The third-order valence-electron chi connectivity index (χ3n) is 2.53. The number of aromatic nitrogens is 2. The van der Waals surface area contributed by atoms with E-state index in [1.807, 2.05) is 19.2 Å². The van der Waals surface area contributed by atoms with Crippen molar-refractivity contribution in [3.8, 4) is 17.0 Å². The highest BCUT2D eigenvalue weighted by atomic mass is 35.5. The van der Waals surface area contributed by atoms with Crippen LogP contribution in [0.5, 0.6) is 5.88 Å². The first-order valence-corrected chi connectivity index (χ1v) is 7.84. The number of benzene rings is 1. The van der Waals surface area contributed by atoms with Gasteiger partial charge in [0.15, 0.2) is 0 Å². The quantitative estimate of drug-likeness (QED) is 0.674. The van der Waals surface area contributed by atoms with Gasteiger partial charge in [-0.15, -0.1) is 11.8 Å². The van der Waals surface area contributed by atoms with Crippen molar-refractivity contribution in [2.45, 2.75) is 11.9 Å². The highest BCUT2D eigenvalue weighted by Gasteiger charge is 2.18. The van der Waals surface area contributed by atoms with Crippen molar-refractivity contribution in [1.82, 2.24) is 9.97 Å². The van der Waals surface area contributed by atoms with E-state index in [0.717, 1.165) is 11.1 Å². The highest BCUT2D eigenvalue weighted by Crippen LogP contribution is 2.40. The van der Waals surface area contributed by atoms with Gasteiger partial charge in [0.2, 0.25) is 11.8 Å². The first kappa shape index (κ1) is 15.2. The topological polar surface area (TPSA) is 61.0 Å². The van der Waals surface area contributed by atoms with Crippen molar-refractivity contribution in [3.63, 3.8) is 0 Å². The van der Waals surface area contributed by atoms with Crippen molar-refractivity contribution >= 4 is 40.9 Å². The molecule has 0 aliphatic rings. The van der Waals surface area contributed by atoms with Crippen LogP contribution in [0.2, 0.25) is 10.0 Å². The number of nitrogens with two attached hydrogens (primary N) is 1. The maximum absolute atomic E-state index is 6.27. The summed E-state index contributed by atoms with van der Waals surface area (Å²) in [6.45, 7) is 2.35. The molecule has 1 heterocycles. The maximum atomic E-state index is 6.27. The van der Waals surface area contributed by atoms with Crippen LogP contribution in [0, 0.1) is 0 Å². The summed E-state index contributed by atoms with van der Waals surface area (Å²) in [5.74, 6) is 0.597. The molecular weight excluding hydrogens is 317 g/mol. The number of hydrogen-bond acceptors (Lipinski definition) is 5. The first-order valence-electron chi connectivity index (χ1n) is 5.86. The third-order valence-corrected chi connectivity index (χ3v) is 3.76. The average Bonchev–Trinajstić information content (AvgIpc) is 2.39. The van der Waals surface area contributed by atoms with Crippen molar-refractivity contribution in [2.75, 3.05) is 18.6 Å². The van der Waals surface area contributed by atoms with Gasteiger partial charge in [0.25, 0.3) is 0 Å². The molecule has 0 spiro atoms. The van der Waals surface area contributed by atoms with Gasteiger partial charge >= 0.3 is 0 Å². The van der Waals surface area contributed by atoms with Crippen LogP contribution in [0.25, 0.3) is 11.1 Å². The molecule has 0 radical (unpaired) electrons.